The molecule has 1 fully saturated rings. The Bertz CT molecular complexity index is 1720. The van der Waals surface area contributed by atoms with Crippen LogP contribution < -0.4 is 0 Å². The standard InChI is InChI=1S/C26H22ClFN6O2.C3H6O/c1-32-22-11-16(26(35)36)3-5-19(22)30-23(32)13-33-8-9-34-21-6-7-29-20(25(21)31-24(34)14-33)10-15-2-4-17(27)12-18(15)28;1-2-4-3-1/h2-7,11-12H,8-10,13-14H2,1H3,(H,35,36);1-3H2. The predicted molar refractivity (Wildman–Crippen MR) is 149 cm³/mol. The van der Waals surface area contributed by atoms with Gasteiger partial charge in [-0.25, -0.2) is 19.2 Å². The quantitative estimate of drug-likeness (QED) is 0.328. The van der Waals surface area contributed by atoms with E-state index in [1.807, 2.05) is 17.7 Å². The molecule has 2 aromatic carbocycles. The average Bonchev–Trinajstić information content (AvgIpc) is 3.42. The first-order valence-electron chi connectivity index (χ1n) is 13.1. The van der Waals surface area contributed by atoms with Crippen LogP contribution in [0.2, 0.25) is 5.02 Å². The molecule has 2 aliphatic rings. The maximum absolute atomic E-state index is 14.4. The van der Waals surface area contributed by atoms with E-state index >= 15 is 0 Å². The number of rotatable bonds is 5. The number of aromatic nitrogens is 5. The summed E-state index contributed by atoms with van der Waals surface area (Å²) in [5, 5.41) is 9.67. The number of carboxylic acid groups (broad SMARTS) is 1. The molecule has 0 radical (unpaired) electrons. The lowest BCUT2D eigenvalue weighted by Gasteiger charge is -2.27. The van der Waals surface area contributed by atoms with Gasteiger partial charge in [0.25, 0.3) is 0 Å². The molecule has 0 bridgehead atoms. The second-order valence-electron chi connectivity index (χ2n) is 9.99. The molecule has 1 saturated heterocycles. The summed E-state index contributed by atoms with van der Waals surface area (Å²) in [5.74, 6) is 0.475. The first kappa shape index (κ1) is 26.4. The van der Waals surface area contributed by atoms with Gasteiger partial charge in [0.05, 0.1) is 40.9 Å². The van der Waals surface area contributed by atoms with Crippen LogP contribution in [-0.4, -0.2) is 59.8 Å². The fourth-order valence-corrected chi connectivity index (χ4v) is 5.17. The molecular formula is C29H28ClFN6O3. The molecule has 7 rings (SSSR count). The van der Waals surface area contributed by atoms with Gasteiger partial charge in [-0.15, -0.1) is 0 Å². The van der Waals surface area contributed by atoms with Crippen molar-refractivity contribution in [3.05, 3.63) is 88.0 Å². The second-order valence-corrected chi connectivity index (χ2v) is 10.4. The van der Waals surface area contributed by atoms with Crippen LogP contribution in [-0.2, 0) is 37.8 Å². The van der Waals surface area contributed by atoms with Crippen LogP contribution in [0.5, 0.6) is 0 Å². The second kappa shape index (κ2) is 11.0. The molecule has 0 atom stereocenters. The average molecular weight is 563 g/mol. The number of carboxylic acids is 1. The van der Waals surface area contributed by atoms with E-state index in [4.69, 9.17) is 26.3 Å². The van der Waals surface area contributed by atoms with Crippen molar-refractivity contribution in [2.45, 2.75) is 32.5 Å². The smallest absolute Gasteiger partial charge is 0.335 e. The van der Waals surface area contributed by atoms with Crippen LogP contribution >= 0.6 is 11.6 Å². The molecule has 5 aromatic rings. The zero-order valence-corrected chi connectivity index (χ0v) is 22.7. The summed E-state index contributed by atoms with van der Waals surface area (Å²) < 4.78 is 23.3. The molecule has 0 unspecified atom stereocenters. The van der Waals surface area contributed by atoms with Crippen molar-refractivity contribution >= 4 is 39.6 Å². The third-order valence-electron chi connectivity index (χ3n) is 7.36. The van der Waals surface area contributed by atoms with E-state index in [1.54, 1.807) is 36.5 Å². The summed E-state index contributed by atoms with van der Waals surface area (Å²) in [6.45, 7) is 4.81. The lowest BCUT2D eigenvalue weighted by molar-refractivity contribution is 0.0367. The van der Waals surface area contributed by atoms with Gasteiger partial charge in [-0.3, -0.25) is 9.88 Å². The van der Waals surface area contributed by atoms with Crippen molar-refractivity contribution in [2.75, 3.05) is 19.8 Å². The Labute approximate surface area is 234 Å². The fraction of sp³-hybridized carbons (Fsp3) is 0.310. The highest BCUT2D eigenvalue weighted by Gasteiger charge is 2.23. The van der Waals surface area contributed by atoms with Gasteiger partial charge in [-0.2, -0.15) is 0 Å². The Kier molecular flexibility index (Phi) is 7.22. The van der Waals surface area contributed by atoms with Gasteiger partial charge in [0.2, 0.25) is 0 Å². The van der Waals surface area contributed by atoms with Crippen molar-refractivity contribution in [3.63, 3.8) is 0 Å². The number of pyridine rings is 1. The summed E-state index contributed by atoms with van der Waals surface area (Å²) in [6.07, 6.45) is 3.36. The summed E-state index contributed by atoms with van der Waals surface area (Å²) in [7, 11) is 1.91. The van der Waals surface area contributed by atoms with E-state index < -0.39 is 5.97 Å². The Morgan fingerprint density at radius 1 is 1.10 bits per heavy atom. The van der Waals surface area contributed by atoms with Gasteiger partial charge in [0, 0.05) is 51.0 Å². The normalized spacial score (nSPS) is 15.0. The molecule has 206 valence electrons. The maximum Gasteiger partial charge on any atom is 0.335 e. The lowest BCUT2D eigenvalue weighted by Crippen LogP contribution is -2.34. The third kappa shape index (κ3) is 5.17. The van der Waals surface area contributed by atoms with Crippen LogP contribution in [0.4, 0.5) is 4.39 Å². The van der Waals surface area contributed by atoms with Crippen molar-refractivity contribution in [2.24, 2.45) is 7.05 Å². The van der Waals surface area contributed by atoms with Crippen LogP contribution in [0.25, 0.3) is 22.1 Å². The number of aryl methyl sites for hydroxylation is 1. The summed E-state index contributed by atoms with van der Waals surface area (Å²) in [4.78, 5) is 27.8. The molecule has 5 heterocycles. The first-order chi connectivity index (χ1) is 19.4. The minimum Gasteiger partial charge on any atom is -0.478 e. The number of fused-ring (bicyclic) bond motifs is 4. The van der Waals surface area contributed by atoms with Crippen LogP contribution in [0.3, 0.4) is 0 Å². The molecule has 9 nitrogen and oxygen atoms in total. The highest BCUT2D eigenvalue weighted by atomic mass is 35.5. The molecule has 40 heavy (non-hydrogen) atoms. The van der Waals surface area contributed by atoms with E-state index in [1.165, 1.54) is 12.5 Å². The zero-order chi connectivity index (χ0) is 27.8. The largest absolute Gasteiger partial charge is 0.478 e. The molecule has 0 amide bonds. The Morgan fingerprint density at radius 3 is 2.62 bits per heavy atom. The van der Waals surface area contributed by atoms with Gasteiger partial charge < -0.3 is 19.0 Å². The predicted octanol–water partition coefficient (Wildman–Crippen LogP) is 4.82. The molecule has 11 heteroatoms. The number of halogens is 2. The maximum atomic E-state index is 14.4. The number of ether oxygens (including phenoxy) is 1. The van der Waals surface area contributed by atoms with Crippen LogP contribution in [0, 0.1) is 5.82 Å². The Balaban J connectivity index is 0.000000666. The highest BCUT2D eigenvalue weighted by molar-refractivity contribution is 6.30. The molecule has 0 saturated carbocycles. The summed E-state index contributed by atoms with van der Waals surface area (Å²) in [5.41, 5.74) is 4.84. The molecular weight excluding hydrogens is 535 g/mol. The van der Waals surface area contributed by atoms with E-state index in [9.17, 15) is 14.3 Å². The van der Waals surface area contributed by atoms with E-state index in [0.717, 1.165) is 65.7 Å². The summed E-state index contributed by atoms with van der Waals surface area (Å²) >= 11 is 5.90. The van der Waals surface area contributed by atoms with Crippen LogP contribution in [0.15, 0.2) is 48.7 Å². The van der Waals surface area contributed by atoms with Gasteiger partial charge in [-0.05, 0) is 48.4 Å². The Morgan fingerprint density at radius 2 is 1.90 bits per heavy atom. The SMILES string of the molecule is C1COC1.Cn1c(CN2CCn3c(nc4c(Cc5ccc(Cl)cc5F)nccc43)C2)nc2ccc(C(=O)O)cc21. The zero-order valence-electron chi connectivity index (χ0n) is 22.0. The lowest BCUT2D eigenvalue weighted by atomic mass is 10.1. The number of hydrogen-bond acceptors (Lipinski definition) is 6. The van der Waals surface area contributed by atoms with Crippen molar-refractivity contribution in [1.29, 1.82) is 0 Å². The highest BCUT2D eigenvalue weighted by Crippen LogP contribution is 2.26. The van der Waals surface area contributed by atoms with Gasteiger partial charge in [0.1, 0.15) is 23.0 Å². The fourth-order valence-electron chi connectivity index (χ4n) is 5.01. The molecule has 1 N–H and O–H groups in total. The molecule has 2 aliphatic heterocycles. The Hall–Kier alpha value is -3.86. The number of benzene rings is 2. The third-order valence-corrected chi connectivity index (χ3v) is 7.60. The summed E-state index contributed by atoms with van der Waals surface area (Å²) in [6, 6.07) is 11.6. The van der Waals surface area contributed by atoms with Crippen LogP contribution in [0.1, 0.15) is 39.7 Å². The number of hydrogen-bond donors (Lipinski definition) is 1. The molecule has 0 spiro atoms. The van der Waals surface area contributed by atoms with E-state index in [0.29, 0.717) is 30.1 Å². The van der Waals surface area contributed by atoms with E-state index in [-0.39, 0.29) is 11.4 Å². The van der Waals surface area contributed by atoms with E-state index in [2.05, 4.69) is 14.5 Å². The van der Waals surface area contributed by atoms with Crippen molar-refractivity contribution in [1.82, 2.24) is 29.0 Å². The van der Waals surface area contributed by atoms with Gasteiger partial charge >= 0.3 is 5.97 Å². The van der Waals surface area contributed by atoms with Gasteiger partial charge in [-0.1, -0.05) is 17.7 Å². The minimum atomic E-state index is -0.956. The number of imidazole rings is 2. The number of carbonyl (C=O) groups is 1. The molecule has 0 aliphatic carbocycles. The van der Waals surface area contributed by atoms with Gasteiger partial charge in [0.15, 0.2) is 0 Å². The minimum absolute atomic E-state index is 0.242. The topological polar surface area (TPSA) is 98.3 Å². The number of aromatic carboxylic acids is 1. The van der Waals surface area contributed by atoms with Crippen molar-refractivity contribution < 1.29 is 19.0 Å². The molecule has 3 aromatic heterocycles. The first-order valence-corrected chi connectivity index (χ1v) is 13.5. The monoisotopic (exact) mass is 562 g/mol. The number of nitrogens with zero attached hydrogens (tertiary/aromatic N) is 6. The van der Waals surface area contributed by atoms with Crippen molar-refractivity contribution in [3.8, 4) is 0 Å².